The van der Waals surface area contributed by atoms with Crippen LogP contribution in [0, 0.1) is 17.8 Å². The van der Waals surface area contributed by atoms with E-state index >= 15 is 0 Å². The normalized spacial score (nSPS) is 28.9. The Morgan fingerprint density at radius 2 is 2.07 bits per heavy atom. The summed E-state index contributed by atoms with van der Waals surface area (Å²) in [6.07, 6.45) is 3.41. The summed E-state index contributed by atoms with van der Waals surface area (Å²) in [7, 11) is 0. The molecule has 0 aliphatic heterocycles. The SMILES string of the molecule is C=C=C(C(O)C(C)C)[C@@H]1CCC[C@H]1C. The molecule has 1 N–H and O–H groups in total. The topological polar surface area (TPSA) is 20.2 Å². The largest absolute Gasteiger partial charge is 0.388 e. The lowest BCUT2D eigenvalue weighted by molar-refractivity contribution is 0.144. The highest BCUT2D eigenvalue weighted by Crippen LogP contribution is 2.38. The zero-order chi connectivity index (χ0) is 10.7. The van der Waals surface area contributed by atoms with Crippen LogP contribution in [-0.4, -0.2) is 11.2 Å². The van der Waals surface area contributed by atoms with Crippen LogP contribution in [0.15, 0.2) is 17.9 Å². The highest BCUT2D eigenvalue weighted by Gasteiger charge is 2.30. The third-order valence-corrected chi connectivity index (χ3v) is 3.42. The highest BCUT2D eigenvalue weighted by molar-refractivity contribution is 5.13. The van der Waals surface area contributed by atoms with Crippen molar-refractivity contribution in [2.24, 2.45) is 17.8 Å². The summed E-state index contributed by atoms with van der Waals surface area (Å²) in [5.74, 6) is 1.48. The second-order valence-electron chi connectivity index (χ2n) is 4.84. The van der Waals surface area contributed by atoms with Crippen LogP contribution in [-0.2, 0) is 0 Å². The predicted molar refractivity (Wildman–Crippen MR) is 60.0 cm³/mol. The average molecular weight is 194 g/mol. The summed E-state index contributed by atoms with van der Waals surface area (Å²) in [4.78, 5) is 0. The number of rotatable bonds is 3. The molecule has 0 aromatic heterocycles. The molecule has 3 atom stereocenters. The van der Waals surface area contributed by atoms with E-state index in [4.69, 9.17) is 0 Å². The molecule has 0 bridgehead atoms. The molecule has 1 unspecified atom stereocenters. The molecular formula is C13H22O. The first kappa shape index (κ1) is 11.6. The standard InChI is InChI=1S/C13H22O/c1-5-11(13(14)9(2)3)12-8-6-7-10(12)4/h9-10,12-14H,1,6-8H2,2-4H3/t10-,12-,13?/m1/s1. The van der Waals surface area contributed by atoms with E-state index in [2.05, 4.69) is 19.2 Å². The van der Waals surface area contributed by atoms with Crippen LogP contribution < -0.4 is 0 Å². The second-order valence-corrected chi connectivity index (χ2v) is 4.84. The Bertz CT molecular complexity index is 236. The summed E-state index contributed by atoms with van der Waals surface area (Å²) in [6.45, 7) is 10.1. The van der Waals surface area contributed by atoms with E-state index in [9.17, 15) is 5.11 Å². The minimum Gasteiger partial charge on any atom is -0.388 e. The highest BCUT2D eigenvalue weighted by atomic mass is 16.3. The second kappa shape index (κ2) is 4.82. The van der Waals surface area contributed by atoms with Gasteiger partial charge in [0.15, 0.2) is 0 Å². The van der Waals surface area contributed by atoms with Crippen molar-refractivity contribution < 1.29 is 5.11 Å². The lowest BCUT2D eigenvalue weighted by Gasteiger charge is -2.24. The smallest absolute Gasteiger partial charge is 0.0849 e. The Morgan fingerprint density at radius 1 is 1.43 bits per heavy atom. The van der Waals surface area contributed by atoms with Crippen LogP contribution in [0.2, 0.25) is 0 Å². The van der Waals surface area contributed by atoms with Crippen molar-refractivity contribution in [3.63, 3.8) is 0 Å². The minimum absolute atomic E-state index is 0.270. The fraction of sp³-hybridized carbons (Fsp3) is 0.769. The monoisotopic (exact) mass is 194 g/mol. The van der Waals surface area contributed by atoms with E-state index < -0.39 is 0 Å². The summed E-state index contributed by atoms with van der Waals surface area (Å²) in [6, 6.07) is 0. The molecule has 0 amide bonds. The van der Waals surface area contributed by atoms with Crippen molar-refractivity contribution in [2.75, 3.05) is 0 Å². The van der Waals surface area contributed by atoms with Gasteiger partial charge in [0.1, 0.15) is 0 Å². The molecule has 0 spiro atoms. The first-order valence-corrected chi connectivity index (χ1v) is 5.65. The fourth-order valence-corrected chi connectivity index (χ4v) is 2.42. The first-order chi connectivity index (χ1) is 6.57. The maximum Gasteiger partial charge on any atom is 0.0849 e. The van der Waals surface area contributed by atoms with Crippen molar-refractivity contribution in [2.45, 2.75) is 46.1 Å². The molecule has 0 aromatic carbocycles. The Hall–Kier alpha value is -0.520. The van der Waals surface area contributed by atoms with Gasteiger partial charge < -0.3 is 5.11 Å². The van der Waals surface area contributed by atoms with Gasteiger partial charge in [0.25, 0.3) is 0 Å². The van der Waals surface area contributed by atoms with Crippen molar-refractivity contribution in [3.05, 3.63) is 17.9 Å². The van der Waals surface area contributed by atoms with E-state index in [1.54, 1.807) is 0 Å². The van der Waals surface area contributed by atoms with Crippen molar-refractivity contribution >= 4 is 0 Å². The number of hydrogen-bond acceptors (Lipinski definition) is 1. The molecule has 14 heavy (non-hydrogen) atoms. The molecule has 80 valence electrons. The third kappa shape index (κ3) is 2.29. The van der Waals surface area contributed by atoms with E-state index in [0.29, 0.717) is 11.8 Å². The molecule has 0 saturated heterocycles. The molecule has 0 aromatic rings. The lowest BCUT2D eigenvalue weighted by Crippen LogP contribution is -2.24. The lowest BCUT2D eigenvalue weighted by atomic mass is 9.84. The summed E-state index contributed by atoms with van der Waals surface area (Å²) in [5, 5.41) is 10.0. The summed E-state index contributed by atoms with van der Waals surface area (Å²) < 4.78 is 0. The Labute approximate surface area is 87.5 Å². The quantitative estimate of drug-likeness (QED) is 0.684. The minimum atomic E-state index is -0.349. The van der Waals surface area contributed by atoms with Gasteiger partial charge in [-0.2, -0.15) is 0 Å². The Balaban J connectivity index is 2.77. The van der Waals surface area contributed by atoms with E-state index in [1.165, 1.54) is 19.3 Å². The van der Waals surface area contributed by atoms with E-state index in [0.717, 1.165) is 5.57 Å². The van der Waals surface area contributed by atoms with Gasteiger partial charge in [-0.25, -0.2) is 0 Å². The van der Waals surface area contributed by atoms with Crippen LogP contribution in [0.4, 0.5) is 0 Å². The predicted octanol–water partition coefficient (Wildman–Crippen LogP) is 3.15. The van der Waals surface area contributed by atoms with Crippen LogP contribution in [0.25, 0.3) is 0 Å². The molecule has 1 nitrogen and oxygen atoms in total. The van der Waals surface area contributed by atoms with Crippen LogP contribution in [0.3, 0.4) is 0 Å². The summed E-state index contributed by atoms with van der Waals surface area (Å²) in [5.41, 5.74) is 4.02. The van der Waals surface area contributed by atoms with Gasteiger partial charge in [0, 0.05) is 5.57 Å². The Kier molecular flexibility index (Phi) is 3.97. The molecule has 1 aliphatic carbocycles. The van der Waals surface area contributed by atoms with Crippen molar-refractivity contribution in [3.8, 4) is 0 Å². The molecule has 1 rings (SSSR count). The molecular weight excluding hydrogens is 172 g/mol. The van der Waals surface area contributed by atoms with Gasteiger partial charge in [0.2, 0.25) is 0 Å². The number of aliphatic hydroxyl groups is 1. The van der Waals surface area contributed by atoms with E-state index in [-0.39, 0.29) is 12.0 Å². The van der Waals surface area contributed by atoms with Gasteiger partial charge >= 0.3 is 0 Å². The van der Waals surface area contributed by atoms with Gasteiger partial charge in [0.05, 0.1) is 6.10 Å². The molecule has 1 heteroatoms. The molecule has 1 aliphatic rings. The fourth-order valence-electron chi connectivity index (χ4n) is 2.42. The number of aliphatic hydroxyl groups excluding tert-OH is 1. The first-order valence-electron chi connectivity index (χ1n) is 5.65. The van der Waals surface area contributed by atoms with Crippen molar-refractivity contribution in [1.82, 2.24) is 0 Å². The van der Waals surface area contributed by atoms with E-state index in [1.807, 2.05) is 13.8 Å². The van der Waals surface area contributed by atoms with Gasteiger partial charge in [-0.15, -0.1) is 5.73 Å². The third-order valence-electron chi connectivity index (χ3n) is 3.42. The van der Waals surface area contributed by atoms with Crippen LogP contribution in [0.5, 0.6) is 0 Å². The van der Waals surface area contributed by atoms with Crippen molar-refractivity contribution in [1.29, 1.82) is 0 Å². The zero-order valence-electron chi connectivity index (χ0n) is 9.59. The van der Waals surface area contributed by atoms with Crippen LogP contribution >= 0.6 is 0 Å². The van der Waals surface area contributed by atoms with Crippen LogP contribution in [0.1, 0.15) is 40.0 Å². The van der Waals surface area contributed by atoms with Gasteiger partial charge in [-0.3, -0.25) is 0 Å². The molecule has 0 heterocycles. The summed E-state index contributed by atoms with van der Waals surface area (Å²) >= 11 is 0. The average Bonchev–Trinajstić information content (AvgIpc) is 2.53. The molecule has 0 radical (unpaired) electrons. The Morgan fingerprint density at radius 3 is 2.43 bits per heavy atom. The molecule has 1 fully saturated rings. The maximum absolute atomic E-state index is 10.0. The van der Waals surface area contributed by atoms with Gasteiger partial charge in [-0.1, -0.05) is 40.2 Å². The zero-order valence-corrected chi connectivity index (χ0v) is 9.59. The molecule has 1 saturated carbocycles. The van der Waals surface area contributed by atoms with Gasteiger partial charge in [-0.05, 0) is 24.2 Å². The maximum atomic E-state index is 10.0. The number of hydrogen-bond donors (Lipinski definition) is 1.